The van der Waals surface area contributed by atoms with Gasteiger partial charge in [0.1, 0.15) is 0 Å². The zero-order chi connectivity index (χ0) is 12.3. The lowest BCUT2D eigenvalue weighted by atomic mass is 10.2. The number of carbonyl (C=O) groups is 1. The molecule has 0 saturated heterocycles. The Morgan fingerprint density at radius 3 is 2.72 bits per heavy atom. The van der Waals surface area contributed by atoms with Gasteiger partial charge in [0.2, 0.25) is 0 Å². The van der Waals surface area contributed by atoms with Crippen molar-refractivity contribution in [2.45, 2.75) is 6.92 Å². The van der Waals surface area contributed by atoms with Gasteiger partial charge in [-0.05, 0) is 36.8 Å². The minimum atomic E-state index is -0.191. The number of nitrogens with one attached hydrogen (secondary N) is 1. The predicted molar refractivity (Wildman–Crippen MR) is 75.6 cm³/mol. The quantitative estimate of drug-likeness (QED) is 0.912. The normalized spacial score (nSPS) is 9.44. The molecule has 5 heteroatoms. The standard InChI is InChI=1S/C13H11ClN2O.ClH/c1-9-11(14)5-2-6-12(9)16-13(17)10-4-3-7-15-8-10;/h2-8H,1H3,(H,16,17);1H. The molecule has 18 heavy (non-hydrogen) atoms. The van der Waals surface area contributed by atoms with Crippen LogP contribution in [0.2, 0.25) is 5.02 Å². The minimum Gasteiger partial charge on any atom is -0.322 e. The van der Waals surface area contributed by atoms with Crippen LogP contribution in [0.1, 0.15) is 15.9 Å². The van der Waals surface area contributed by atoms with Gasteiger partial charge in [-0.25, -0.2) is 0 Å². The fourth-order valence-electron chi connectivity index (χ4n) is 1.43. The van der Waals surface area contributed by atoms with E-state index >= 15 is 0 Å². The van der Waals surface area contributed by atoms with E-state index in [9.17, 15) is 4.79 Å². The number of carbonyl (C=O) groups excluding carboxylic acids is 1. The smallest absolute Gasteiger partial charge is 0.257 e. The van der Waals surface area contributed by atoms with Gasteiger partial charge < -0.3 is 5.32 Å². The molecular weight excluding hydrogens is 271 g/mol. The largest absolute Gasteiger partial charge is 0.322 e. The third kappa shape index (κ3) is 3.22. The molecule has 2 aromatic rings. The van der Waals surface area contributed by atoms with Crippen molar-refractivity contribution in [1.82, 2.24) is 4.98 Å². The molecule has 94 valence electrons. The number of benzene rings is 1. The van der Waals surface area contributed by atoms with Gasteiger partial charge in [-0.1, -0.05) is 17.7 Å². The van der Waals surface area contributed by atoms with Gasteiger partial charge in [0.15, 0.2) is 0 Å². The number of anilines is 1. The first kappa shape index (κ1) is 14.5. The number of nitrogens with zero attached hydrogens (tertiary/aromatic N) is 1. The maximum absolute atomic E-state index is 11.9. The summed E-state index contributed by atoms with van der Waals surface area (Å²) < 4.78 is 0. The summed E-state index contributed by atoms with van der Waals surface area (Å²) in [5.74, 6) is -0.191. The lowest BCUT2D eigenvalue weighted by molar-refractivity contribution is 0.102. The predicted octanol–water partition coefficient (Wildman–Crippen LogP) is 3.72. The Kier molecular flexibility index (Phi) is 5.13. The van der Waals surface area contributed by atoms with Crippen molar-refractivity contribution < 1.29 is 4.79 Å². The number of aromatic nitrogens is 1. The van der Waals surface area contributed by atoms with E-state index in [4.69, 9.17) is 11.6 Å². The van der Waals surface area contributed by atoms with Crippen molar-refractivity contribution in [1.29, 1.82) is 0 Å². The summed E-state index contributed by atoms with van der Waals surface area (Å²) in [6.07, 6.45) is 3.15. The van der Waals surface area contributed by atoms with Crippen LogP contribution in [0.4, 0.5) is 5.69 Å². The van der Waals surface area contributed by atoms with Gasteiger partial charge in [0.25, 0.3) is 5.91 Å². The van der Waals surface area contributed by atoms with E-state index < -0.39 is 0 Å². The Balaban J connectivity index is 0.00000162. The van der Waals surface area contributed by atoms with Crippen molar-refractivity contribution >= 4 is 35.6 Å². The molecule has 0 fully saturated rings. The summed E-state index contributed by atoms with van der Waals surface area (Å²) >= 11 is 5.98. The second kappa shape index (κ2) is 6.38. The van der Waals surface area contributed by atoms with E-state index in [1.54, 1.807) is 30.5 Å². The highest BCUT2D eigenvalue weighted by molar-refractivity contribution is 6.31. The Morgan fingerprint density at radius 1 is 1.28 bits per heavy atom. The first-order chi connectivity index (χ1) is 8.18. The molecule has 1 aromatic heterocycles. The summed E-state index contributed by atoms with van der Waals surface area (Å²) in [5.41, 5.74) is 2.09. The second-order valence-electron chi connectivity index (χ2n) is 3.61. The molecule has 2 rings (SSSR count). The van der Waals surface area contributed by atoms with Crippen LogP contribution in [0.25, 0.3) is 0 Å². The van der Waals surface area contributed by atoms with Gasteiger partial charge in [-0.15, -0.1) is 12.4 Å². The van der Waals surface area contributed by atoms with Crippen molar-refractivity contribution in [3.63, 3.8) is 0 Å². The molecule has 0 bridgehead atoms. The number of pyridine rings is 1. The summed E-state index contributed by atoms with van der Waals surface area (Å²) in [4.78, 5) is 15.8. The molecule has 3 nitrogen and oxygen atoms in total. The fraction of sp³-hybridized carbons (Fsp3) is 0.0769. The second-order valence-corrected chi connectivity index (χ2v) is 4.02. The first-order valence-electron chi connectivity index (χ1n) is 5.15. The van der Waals surface area contributed by atoms with Crippen LogP contribution in [-0.4, -0.2) is 10.9 Å². The fourth-order valence-corrected chi connectivity index (χ4v) is 1.61. The molecule has 0 atom stereocenters. The van der Waals surface area contributed by atoms with E-state index in [-0.39, 0.29) is 18.3 Å². The van der Waals surface area contributed by atoms with Gasteiger partial charge in [-0.2, -0.15) is 0 Å². The molecule has 1 N–H and O–H groups in total. The van der Waals surface area contributed by atoms with Crippen LogP contribution in [0.3, 0.4) is 0 Å². The number of hydrogen-bond donors (Lipinski definition) is 1. The molecule has 0 saturated carbocycles. The van der Waals surface area contributed by atoms with Crippen LogP contribution in [0.5, 0.6) is 0 Å². The Morgan fingerprint density at radius 2 is 2.06 bits per heavy atom. The van der Waals surface area contributed by atoms with Crippen molar-refractivity contribution in [2.24, 2.45) is 0 Å². The number of amides is 1. The van der Waals surface area contributed by atoms with Gasteiger partial charge in [-0.3, -0.25) is 9.78 Å². The zero-order valence-corrected chi connectivity index (χ0v) is 11.3. The highest BCUT2D eigenvalue weighted by Crippen LogP contribution is 2.23. The maximum atomic E-state index is 11.9. The summed E-state index contributed by atoms with van der Waals surface area (Å²) in [5, 5.41) is 3.44. The highest BCUT2D eigenvalue weighted by atomic mass is 35.5. The van der Waals surface area contributed by atoms with E-state index in [1.165, 1.54) is 6.20 Å². The molecule has 0 aliphatic rings. The monoisotopic (exact) mass is 282 g/mol. The third-order valence-corrected chi connectivity index (χ3v) is 2.85. The maximum Gasteiger partial charge on any atom is 0.257 e. The molecule has 0 spiro atoms. The summed E-state index contributed by atoms with van der Waals surface area (Å²) in [6.45, 7) is 1.86. The van der Waals surface area contributed by atoms with Crippen molar-refractivity contribution in [3.05, 3.63) is 58.9 Å². The Bertz CT molecular complexity index is 544. The third-order valence-electron chi connectivity index (χ3n) is 2.44. The van der Waals surface area contributed by atoms with Crippen LogP contribution < -0.4 is 5.32 Å². The molecule has 0 aliphatic carbocycles. The Labute approximate surface area is 117 Å². The number of rotatable bonds is 2. The molecule has 0 aliphatic heterocycles. The highest BCUT2D eigenvalue weighted by Gasteiger charge is 2.08. The summed E-state index contributed by atoms with van der Waals surface area (Å²) in [7, 11) is 0. The van der Waals surface area contributed by atoms with Crippen molar-refractivity contribution in [2.75, 3.05) is 5.32 Å². The number of halogens is 2. The van der Waals surface area contributed by atoms with E-state index in [2.05, 4.69) is 10.3 Å². The van der Waals surface area contributed by atoms with Crippen LogP contribution in [0, 0.1) is 6.92 Å². The SMILES string of the molecule is Cc1c(Cl)cccc1NC(=O)c1cccnc1.Cl. The molecular formula is C13H12Cl2N2O. The van der Waals surface area contributed by atoms with Crippen LogP contribution >= 0.6 is 24.0 Å². The van der Waals surface area contributed by atoms with E-state index in [0.717, 1.165) is 5.56 Å². The molecule has 1 heterocycles. The molecule has 1 aromatic carbocycles. The minimum absolute atomic E-state index is 0. The lowest BCUT2D eigenvalue weighted by Gasteiger charge is -2.09. The van der Waals surface area contributed by atoms with Gasteiger partial charge >= 0.3 is 0 Å². The van der Waals surface area contributed by atoms with Crippen LogP contribution in [-0.2, 0) is 0 Å². The zero-order valence-electron chi connectivity index (χ0n) is 9.68. The average molecular weight is 283 g/mol. The van der Waals surface area contributed by atoms with Gasteiger partial charge in [0, 0.05) is 23.1 Å². The lowest BCUT2D eigenvalue weighted by Crippen LogP contribution is -2.12. The Hall–Kier alpha value is -1.58. The molecule has 1 amide bonds. The topological polar surface area (TPSA) is 42.0 Å². The number of hydrogen-bond acceptors (Lipinski definition) is 2. The van der Waals surface area contributed by atoms with Crippen LogP contribution in [0.15, 0.2) is 42.7 Å². The van der Waals surface area contributed by atoms with Crippen molar-refractivity contribution in [3.8, 4) is 0 Å². The molecule has 0 radical (unpaired) electrons. The van der Waals surface area contributed by atoms with E-state index in [0.29, 0.717) is 16.3 Å². The summed E-state index contributed by atoms with van der Waals surface area (Å²) in [6, 6.07) is 8.84. The first-order valence-corrected chi connectivity index (χ1v) is 5.53. The van der Waals surface area contributed by atoms with E-state index in [1.807, 2.05) is 13.0 Å². The average Bonchev–Trinajstić information content (AvgIpc) is 2.36. The van der Waals surface area contributed by atoms with Gasteiger partial charge in [0.05, 0.1) is 5.56 Å². The molecule has 0 unspecified atom stereocenters.